The first-order valence-electron chi connectivity index (χ1n) is 8.81. The van der Waals surface area contributed by atoms with Crippen LogP contribution in [0.25, 0.3) is 10.9 Å². The number of benzene rings is 2. The van der Waals surface area contributed by atoms with Crippen LogP contribution in [0.1, 0.15) is 29.4 Å². The number of hydrogen-bond donors (Lipinski definition) is 1. The van der Waals surface area contributed by atoms with E-state index in [1.807, 2.05) is 56.3 Å². The molecule has 1 aliphatic rings. The normalized spacial score (nSPS) is 14.8. The third-order valence-corrected chi connectivity index (χ3v) is 5.63. The van der Waals surface area contributed by atoms with Crippen molar-refractivity contribution in [3.05, 3.63) is 53.7 Å². The van der Waals surface area contributed by atoms with Gasteiger partial charge in [-0.15, -0.1) is 11.8 Å². The lowest BCUT2D eigenvalue weighted by molar-refractivity contribution is 0.0995. The summed E-state index contributed by atoms with van der Waals surface area (Å²) >= 11 is 1.55. The van der Waals surface area contributed by atoms with Gasteiger partial charge in [-0.1, -0.05) is 18.2 Å². The van der Waals surface area contributed by atoms with Gasteiger partial charge in [-0.05, 0) is 38.1 Å². The number of aromatic nitrogens is 1. The van der Waals surface area contributed by atoms with Gasteiger partial charge in [-0.2, -0.15) is 0 Å². The number of ether oxygens (including phenoxy) is 2. The van der Waals surface area contributed by atoms with E-state index in [9.17, 15) is 4.79 Å². The molecule has 134 valence electrons. The van der Waals surface area contributed by atoms with E-state index in [-0.39, 0.29) is 11.0 Å². The molecule has 2 heterocycles. The quantitative estimate of drug-likeness (QED) is 0.521. The zero-order valence-electron chi connectivity index (χ0n) is 14.9. The predicted molar refractivity (Wildman–Crippen MR) is 105 cm³/mol. The molecule has 5 heteroatoms. The standard InChI is InChI=1S/C21H21NO3S/c1-13-20(16-6-3-4-7-17(16)22-13)21(23)14(2)26-15-8-9-18-19(12-15)25-11-5-10-24-18/h3-4,6-9,12,14,22H,5,10-11H2,1-2H3/t14-/m1/s1. The SMILES string of the molecule is Cc1[nH]c2ccccc2c1C(=O)[C@@H](C)Sc1ccc2c(c1)OCCCO2. The van der Waals surface area contributed by atoms with E-state index < -0.39 is 0 Å². The first-order valence-corrected chi connectivity index (χ1v) is 9.69. The molecule has 0 amide bonds. The monoisotopic (exact) mass is 367 g/mol. The van der Waals surface area contributed by atoms with Crippen LogP contribution in [0.4, 0.5) is 0 Å². The molecule has 0 unspecified atom stereocenters. The highest BCUT2D eigenvalue weighted by Crippen LogP contribution is 2.36. The molecular formula is C21H21NO3S. The van der Waals surface area contributed by atoms with Crippen LogP contribution >= 0.6 is 11.8 Å². The highest BCUT2D eigenvalue weighted by atomic mass is 32.2. The molecule has 0 radical (unpaired) electrons. The molecule has 1 aliphatic heterocycles. The first kappa shape index (κ1) is 17.0. The van der Waals surface area contributed by atoms with Crippen molar-refractivity contribution in [3.8, 4) is 11.5 Å². The molecule has 0 saturated carbocycles. The van der Waals surface area contributed by atoms with E-state index >= 15 is 0 Å². The topological polar surface area (TPSA) is 51.3 Å². The summed E-state index contributed by atoms with van der Waals surface area (Å²) < 4.78 is 11.4. The number of aryl methyl sites for hydroxylation is 1. The van der Waals surface area contributed by atoms with Crippen LogP contribution in [0.2, 0.25) is 0 Å². The molecule has 0 aliphatic carbocycles. The molecule has 1 aromatic heterocycles. The number of carbonyl (C=O) groups is 1. The lowest BCUT2D eigenvalue weighted by Crippen LogP contribution is -2.14. The fraction of sp³-hybridized carbons (Fsp3) is 0.286. The minimum Gasteiger partial charge on any atom is -0.490 e. The van der Waals surface area contributed by atoms with E-state index in [1.54, 1.807) is 11.8 Å². The van der Waals surface area contributed by atoms with Crippen LogP contribution in [0.5, 0.6) is 11.5 Å². The van der Waals surface area contributed by atoms with Gasteiger partial charge in [0.05, 0.1) is 18.5 Å². The first-order chi connectivity index (χ1) is 12.6. The number of carbonyl (C=O) groups excluding carboxylic acids is 1. The smallest absolute Gasteiger partial charge is 0.178 e. The number of rotatable bonds is 4. The van der Waals surface area contributed by atoms with Crippen LogP contribution < -0.4 is 9.47 Å². The highest BCUT2D eigenvalue weighted by molar-refractivity contribution is 8.00. The molecule has 2 aromatic carbocycles. The Bertz CT molecular complexity index is 963. The number of aromatic amines is 1. The van der Waals surface area contributed by atoms with Gasteiger partial charge in [-0.3, -0.25) is 4.79 Å². The van der Waals surface area contributed by atoms with Gasteiger partial charge < -0.3 is 14.5 Å². The predicted octanol–water partition coefficient (Wildman–Crippen LogP) is 5.00. The molecule has 0 spiro atoms. The second kappa shape index (κ2) is 7.08. The van der Waals surface area contributed by atoms with Gasteiger partial charge in [0.25, 0.3) is 0 Å². The maximum absolute atomic E-state index is 13.1. The van der Waals surface area contributed by atoms with E-state index in [2.05, 4.69) is 4.98 Å². The number of para-hydroxylation sites is 1. The molecule has 0 fully saturated rings. The fourth-order valence-corrected chi connectivity index (χ4v) is 4.23. The van der Waals surface area contributed by atoms with E-state index in [0.717, 1.165) is 45.0 Å². The van der Waals surface area contributed by atoms with Crippen molar-refractivity contribution in [2.45, 2.75) is 30.4 Å². The third-order valence-electron chi connectivity index (χ3n) is 4.54. The summed E-state index contributed by atoms with van der Waals surface area (Å²) in [6, 6.07) is 13.8. The Kier molecular flexibility index (Phi) is 4.64. The van der Waals surface area contributed by atoms with Crippen LogP contribution in [0.3, 0.4) is 0 Å². The van der Waals surface area contributed by atoms with Crippen molar-refractivity contribution < 1.29 is 14.3 Å². The highest BCUT2D eigenvalue weighted by Gasteiger charge is 2.23. The summed E-state index contributed by atoms with van der Waals surface area (Å²) in [5.74, 6) is 1.67. The average Bonchev–Trinajstić information content (AvgIpc) is 2.81. The summed E-state index contributed by atoms with van der Waals surface area (Å²) in [5.41, 5.74) is 2.71. The van der Waals surface area contributed by atoms with Crippen LogP contribution in [0, 0.1) is 6.92 Å². The lowest BCUT2D eigenvalue weighted by atomic mass is 10.1. The number of H-pyrrole nitrogens is 1. The van der Waals surface area contributed by atoms with E-state index in [4.69, 9.17) is 9.47 Å². The summed E-state index contributed by atoms with van der Waals surface area (Å²) in [4.78, 5) is 17.4. The van der Waals surface area contributed by atoms with Crippen molar-refractivity contribution in [3.63, 3.8) is 0 Å². The van der Waals surface area contributed by atoms with Gasteiger partial charge in [0.15, 0.2) is 17.3 Å². The zero-order chi connectivity index (χ0) is 18.1. The minimum absolute atomic E-state index is 0.136. The second-order valence-corrected chi connectivity index (χ2v) is 7.87. The van der Waals surface area contributed by atoms with Gasteiger partial charge >= 0.3 is 0 Å². The lowest BCUT2D eigenvalue weighted by Gasteiger charge is -2.13. The third kappa shape index (κ3) is 3.19. The van der Waals surface area contributed by atoms with Crippen molar-refractivity contribution in [1.82, 2.24) is 4.98 Å². The number of fused-ring (bicyclic) bond motifs is 2. The average molecular weight is 367 g/mol. The molecule has 4 rings (SSSR count). The summed E-state index contributed by atoms with van der Waals surface area (Å²) in [5, 5.41) is 0.791. The molecule has 0 bridgehead atoms. The fourth-order valence-electron chi connectivity index (χ4n) is 3.27. The Morgan fingerprint density at radius 3 is 2.73 bits per heavy atom. The number of ketones is 1. The Morgan fingerprint density at radius 1 is 1.12 bits per heavy atom. The summed E-state index contributed by atoms with van der Waals surface area (Å²) in [6.45, 7) is 5.24. The second-order valence-electron chi connectivity index (χ2n) is 6.45. The van der Waals surface area contributed by atoms with E-state index in [0.29, 0.717) is 13.2 Å². The molecule has 4 nitrogen and oxygen atoms in total. The molecule has 3 aromatic rings. The van der Waals surface area contributed by atoms with Gasteiger partial charge in [0, 0.05) is 33.5 Å². The Balaban J connectivity index is 1.58. The summed E-state index contributed by atoms with van der Waals surface area (Å²) in [7, 11) is 0. The van der Waals surface area contributed by atoms with Gasteiger partial charge in [0.1, 0.15) is 0 Å². The molecule has 0 saturated heterocycles. The number of hydrogen-bond acceptors (Lipinski definition) is 4. The van der Waals surface area contributed by atoms with E-state index in [1.165, 1.54) is 0 Å². The van der Waals surface area contributed by atoms with Crippen molar-refractivity contribution in [1.29, 1.82) is 0 Å². The minimum atomic E-state index is -0.197. The summed E-state index contributed by atoms with van der Waals surface area (Å²) in [6.07, 6.45) is 0.881. The number of nitrogens with one attached hydrogen (secondary N) is 1. The van der Waals surface area contributed by atoms with Crippen molar-refractivity contribution in [2.24, 2.45) is 0 Å². The Hall–Kier alpha value is -2.40. The largest absolute Gasteiger partial charge is 0.490 e. The van der Waals surface area contributed by atoms with Crippen LogP contribution in [-0.4, -0.2) is 29.2 Å². The van der Waals surface area contributed by atoms with Crippen molar-refractivity contribution in [2.75, 3.05) is 13.2 Å². The number of Topliss-reactive ketones (excluding diaryl/α,β-unsaturated/α-hetero) is 1. The Morgan fingerprint density at radius 2 is 1.88 bits per heavy atom. The molecule has 1 N–H and O–H groups in total. The number of thioether (sulfide) groups is 1. The molecular weight excluding hydrogens is 346 g/mol. The van der Waals surface area contributed by atoms with Crippen molar-refractivity contribution >= 4 is 28.4 Å². The van der Waals surface area contributed by atoms with Gasteiger partial charge in [-0.25, -0.2) is 0 Å². The zero-order valence-corrected chi connectivity index (χ0v) is 15.7. The van der Waals surface area contributed by atoms with Crippen LogP contribution in [-0.2, 0) is 0 Å². The molecule has 1 atom stereocenters. The molecule has 26 heavy (non-hydrogen) atoms. The maximum Gasteiger partial charge on any atom is 0.178 e. The Labute approximate surface area is 156 Å². The van der Waals surface area contributed by atoms with Gasteiger partial charge in [0.2, 0.25) is 0 Å². The van der Waals surface area contributed by atoms with Crippen LogP contribution in [0.15, 0.2) is 47.4 Å². The maximum atomic E-state index is 13.1.